The molecule has 0 saturated carbocycles. The van der Waals surface area contributed by atoms with Crippen LogP contribution in [0.3, 0.4) is 0 Å². The van der Waals surface area contributed by atoms with Crippen molar-refractivity contribution in [2.45, 2.75) is 39.5 Å². The van der Waals surface area contributed by atoms with Gasteiger partial charge in [0.15, 0.2) is 5.78 Å². The van der Waals surface area contributed by atoms with E-state index in [1.807, 2.05) is 19.1 Å². The Labute approximate surface area is 96.5 Å². The SMILES string of the molecule is CCCC(=O)c1ccc(Cl)cc1CCC. The third-order valence-electron chi connectivity index (χ3n) is 2.36. The average Bonchev–Trinajstić information content (AvgIpc) is 2.18. The van der Waals surface area contributed by atoms with Crippen molar-refractivity contribution in [3.05, 3.63) is 34.3 Å². The Morgan fingerprint density at radius 1 is 1.27 bits per heavy atom. The number of Topliss-reactive ketones (excluding diaryl/α,β-unsaturated/α-hetero) is 1. The standard InChI is InChI=1S/C13H17ClO/c1-3-5-10-9-11(14)7-8-12(10)13(15)6-4-2/h7-9H,3-6H2,1-2H3. The molecule has 0 radical (unpaired) electrons. The molecule has 1 rings (SSSR count). The van der Waals surface area contributed by atoms with Crippen molar-refractivity contribution in [3.8, 4) is 0 Å². The quantitative estimate of drug-likeness (QED) is 0.683. The molecule has 2 heteroatoms. The first-order valence-electron chi connectivity index (χ1n) is 5.50. The van der Waals surface area contributed by atoms with Crippen molar-refractivity contribution in [3.63, 3.8) is 0 Å². The van der Waals surface area contributed by atoms with E-state index in [1.165, 1.54) is 0 Å². The molecule has 0 fully saturated rings. The zero-order chi connectivity index (χ0) is 11.3. The monoisotopic (exact) mass is 224 g/mol. The van der Waals surface area contributed by atoms with E-state index >= 15 is 0 Å². The van der Waals surface area contributed by atoms with Crippen LogP contribution in [-0.4, -0.2) is 5.78 Å². The summed E-state index contributed by atoms with van der Waals surface area (Å²) in [6, 6.07) is 5.56. The van der Waals surface area contributed by atoms with Crippen LogP contribution >= 0.6 is 11.6 Å². The van der Waals surface area contributed by atoms with Gasteiger partial charge in [-0.3, -0.25) is 4.79 Å². The Balaban J connectivity index is 2.99. The van der Waals surface area contributed by atoms with Gasteiger partial charge in [-0.2, -0.15) is 0 Å². The van der Waals surface area contributed by atoms with Gasteiger partial charge in [-0.1, -0.05) is 31.9 Å². The van der Waals surface area contributed by atoms with Crippen LogP contribution in [0.2, 0.25) is 5.02 Å². The van der Waals surface area contributed by atoms with E-state index in [4.69, 9.17) is 11.6 Å². The second-order valence-corrected chi connectivity index (χ2v) is 4.16. The van der Waals surface area contributed by atoms with E-state index in [1.54, 1.807) is 6.07 Å². The van der Waals surface area contributed by atoms with Gasteiger partial charge in [-0.05, 0) is 36.6 Å². The predicted molar refractivity (Wildman–Crippen MR) is 64.7 cm³/mol. The Bertz CT molecular complexity index is 344. The lowest BCUT2D eigenvalue weighted by molar-refractivity contribution is 0.0981. The molecule has 0 bridgehead atoms. The maximum atomic E-state index is 11.8. The first-order valence-corrected chi connectivity index (χ1v) is 5.88. The molecule has 1 aromatic carbocycles. The highest BCUT2D eigenvalue weighted by atomic mass is 35.5. The molecule has 0 aliphatic carbocycles. The van der Waals surface area contributed by atoms with Gasteiger partial charge in [0.05, 0.1) is 0 Å². The summed E-state index contributed by atoms with van der Waals surface area (Å²) in [4.78, 5) is 11.8. The van der Waals surface area contributed by atoms with Crippen LogP contribution in [0.4, 0.5) is 0 Å². The highest BCUT2D eigenvalue weighted by molar-refractivity contribution is 6.30. The van der Waals surface area contributed by atoms with Crippen molar-refractivity contribution >= 4 is 17.4 Å². The molecule has 82 valence electrons. The van der Waals surface area contributed by atoms with Crippen molar-refractivity contribution < 1.29 is 4.79 Å². The average molecular weight is 225 g/mol. The lowest BCUT2D eigenvalue weighted by Gasteiger charge is -2.07. The van der Waals surface area contributed by atoms with Crippen LogP contribution in [-0.2, 0) is 6.42 Å². The summed E-state index contributed by atoms with van der Waals surface area (Å²) in [5, 5.41) is 0.714. The summed E-state index contributed by atoms with van der Waals surface area (Å²) in [5.41, 5.74) is 1.94. The molecule has 0 aromatic heterocycles. The van der Waals surface area contributed by atoms with Gasteiger partial charge in [-0.15, -0.1) is 0 Å². The Morgan fingerprint density at radius 3 is 2.60 bits per heavy atom. The number of benzene rings is 1. The van der Waals surface area contributed by atoms with Crippen LogP contribution < -0.4 is 0 Å². The summed E-state index contributed by atoms with van der Waals surface area (Å²) < 4.78 is 0. The van der Waals surface area contributed by atoms with Gasteiger partial charge in [0.1, 0.15) is 0 Å². The van der Waals surface area contributed by atoms with Crippen LogP contribution in [0.5, 0.6) is 0 Å². The minimum atomic E-state index is 0.234. The number of hydrogen-bond donors (Lipinski definition) is 0. The number of ketones is 1. The molecule has 0 aliphatic heterocycles. The maximum absolute atomic E-state index is 11.8. The van der Waals surface area contributed by atoms with Gasteiger partial charge in [0.25, 0.3) is 0 Å². The Morgan fingerprint density at radius 2 is 2.00 bits per heavy atom. The smallest absolute Gasteiger partial charge is 0.163 e. The second-order valence-electron chi connectivity index (χ2n) is 3.72. The highest BCUT2D eigenvalue weighted by Crippen LogP contribution is 2.19. The molecule has 0 spiro atoms. The normalized spacial score (nSPS) is 10.3. The summed E-state index contributed by atoms with van der Waals surface area (Å²) in [5.74, 6) is 0.234. The van der Waals surface area contributed by atoms with Crippen molar-refractivity contribution in [1.29, 1.82) is 0 Å². The molecule has 0 saturated heterocycles. The van der Waals surface area contributed by atoms with E-state index in [0.717, 1.165) is 30.4 Å². The molecular formula is C13H17ClO. The molecule has 0 heterocycles. The zero-order valence-corrected chi connectivity index (χ0v) is 10.1. The predicted octanol–water partition coefficient (Wildman–Crippen LogP) is 4.28. The largest absolute Gasteiger partial charge is 0.294 e. The summed E-state index contributed by atoms with van der Waals surface area (Å²) in [6.07, 6.45) is 3.48. The zero-order valence-electron chi connectivity index (χ0n) is 9.35. The number of carbonyl (C=O) groups excluding carboxylic acids is 1. The number of aryl methyl sites for hydroxylation is 1. The Hall–Kier alpha value is -0.820. The Kier molecular flexibility index (Phi) is 4.83. The molecule has 1 nitrogen and oxygen atoms in total. The van der Waals surface area contributed by atoms with Gasteiger partial charge in [0, 0.05) is 17.0 Å². The van der Waals surface area contributed by atoms with Gasteiger partial charge in [-0.25, -0.2) is 0 Å². The maximum Gasteiger partial charge on any atom is 0.163 e. The van der Waals surface area contributed by atoms with E-state index in [-0.39, 0.29) is 5.78 Å². The van der Waals surface area contributed by atoms with E-state index in [9.17, 15) is 4.79 Å². The molecule has 0 amide bonds. The molecule has 15 heavy (non-hydrogen) atoms. The van der Waals surface area contributed by atoms with Gasteiger partial charge < -0.3 is 0 Å². The van der Waals surface area contributed by atoms with Crippen LogP contribution in [0.15, 0.2) is 18.2 Å². The third kappa shape index (κ3) is 3.35. The van der Waals surface area contributed by atoms with Crippen molar-refractivity contribution in [1.82, 2.24) is 0 Å². The molecular weight excluding hydrogens is 208 g/mol. The van der Waals surface area contributed by atoms with Crippen LogP contribution in [0, 0.1) is 0 Å². The molecule has 1 aromatic rings. The number of rotatable bonds is 5. The van der Waals surface area contributed by atoms with Crippen LogP contribution in [0.1, 0.15) is 49.0 Å². The molecule has 0 atom stereocenters. The fourth-order valence-electron chi connectivity index (χ4n) is 1.67. The number of hydrogen-bond acceptors (Lipinski definition) is 1. The fourth-order valence-corrected chi connectivity index (χ4v) is 1.87. The lowest BCUT2D eigenvalue weighted by atomic mass is 9.98. The number of carbonyl (C=O) groups is 1. The summed E-state index contributed by atoms with van der Waals surface area (Å²) in [6.45, 7) is 4.13. The fraction of sp³-hybridized carbons (Fsp3) is 0.462. The second kappa shape index (κ2) is 5.92. The third-order valence-corrected chi connectivity index (χ3v) is 2.60. The highest BCUT2D eigenvalue weighted by Gasteiger charge is 2.10. The van der Waals surface area contributed by atoms with E-state index < -0.39 is 0 Å². The van der Waals surface area contributed by atoms with Crippen molar-refractivity contribution in [2.75, 3.05) is 0 Å². The van der Waals surface area contributed by atoms with Gasteiger partial charge >= 0.3 is 0 Å². The van der Waals surface area contributed by atoms with Gasteiger partial charge in [0.2, 0.25) is 0 Å². The van der Waals surface area contributed by atoms with E-state index in [0.29, 0.717) is 11.4 Å². The first-order chi connectivity index (χ1) is 7.19. The molecule has 0 unspecified atom stereocenters. The summed E-state index contributed by atoms with van der Waals surface area (Å²) >= 11 is 5.92. The minimum Gasteiger partial charge on any atom is -0.294 e. The number of halogens is 1. The molecule has 0 N–H and O–H groups in total. The topological polar surface area (TPSA) is 17.1 Å². The van der Waals surface area contributed by atoms with E-state index in [2.05, 4.69) is 6.92 Å². The van der Waals surface area contributed by atoms with Crippen molar-refractivity contribution in [2.24, 2.45) is 0 Å². The van der Waals surface area contributed by atoms with Crippen LogP contribution in [0.25, 0.3) is 0 Å². The first kappa shape index (κ1) is 12.3. The molecule has 0 aliphatic rings. The lowest BCUT2D eigenvalue weighted by Crippen LogP contribution is -2.03. The minimum absolute atomic E-state index is 0.234. The summed E-state index contributed by atoms with van der Waals surface area (Å²) in [7, 11) is 0.